The Hall–Kier alpha value is -1.83. The number of aliphatic imine (C=N–C) groups is 1. The number of rotatable bonds is 2. The van der Waals surface area contributed by atoms with E-state index in [9.17, 15) is 0 Å². The van der Waals surface area contributed by atoms with E-state index < -0.39 is 0 Å². The van der Waals surface area contributed by atoms with Crippen LogP contribution in [0.15, 0.2) is 47.5 Å². The van der Waals surface area contributed by atoms with Crippen molar-refractivity contribution in [2.75, 3.05) is 0 Å². The SMILES string of the molecule is NC(=Nc1ccc2ccccc2c1)C1CCCC1. The molecule has 1 saturated carbocycles. The standard InChI is InChI=1S/C16H18N2/c17-16(13-6-2-3-7-13)18-15-10-9-12-5-1-4-8-14(12)11-15/h1,4-5,8-11,13H,2-3,6-7H2,(H2,17,18). The first-order valence-corrected chi connectivity index (χ1v) is 6.66. The van der Waals surface area contributed by atoms with E-state index in [0.717, 1.165) is 11.5 Å². The lowest BCUT2D eigenvalue weighted by Crippen LogP contribution is -2.20. The number of nitrogens with zero attached hydrogens (tertiary/aromatic N) is 1. The number of nitrogens with two attached hydrogens (primary N) is 1. The molecule has 0 saturated heterocycles. The van der Waals surface area contributed by atoms with E-state index in [-0.39, 0.29) is 0 Å². The van der Waals surface area contributed by atoms with Crippen molar-refractivity contribution in [3.63, 3.8) is 0 Å². The molecule has 1 fully saturated rings. The Balaban J connectivity index is 1.91. The second-order valence-corrected chi connectivity index (χ2v) is 5.05. The van der Waals surface area contributed by atoms with Gasteiger partial charge in [0.25, 0.3) is 0 Å². The Morgan fingerprint density at radius 1 is 1.00 bits per heavy atom. The number of amidine groups is 1. The maximum absolute atomic E-state index is 6.11. The van der Waals surface area contributed by atoms with E-state index in [1.54, 1.807) is 0 Å². The highest BCUT2D eigenvalue weighted by molar-refractivity contribution is 5.89. The van der Waals surface area contributed by atoms with Gasteiger partial charge in [-0.05, 0) is 35.7 Å². The molecule has 0 atom stereocenters. The van der Waals surface area contributed by atoms with Gasteiger partial charge in [-0.3, -0.25) is 0 Å². The third kappa shape index (κ3) is 2.23. The number of fused-ring (bicyclic) bond motifs is 1. The van der Waals surface area contributed by atoms with Gasteiger partial charge in [0.05, 0.1) is 5.69 Å². The Morgan fingerprint density at radius 3 is 2.50 bits per heavy atom. The van der Waals surface area contributed by atoms with E-state index in [1.807, 2.05) is 6.07 Å². The van der Waals surface area contributed by atoms with Gasteiger partial charge in [-0.1, -0.05) is 43.2 Å². The van der Waals surface area contributed by atoms with Crippen molar-refractivity contribution < 1.29 is 0 Å². The fraction of sp³-hybridized carbons (Fsp3) is 0.312. The average Bonchev–Trinajstić information content (AvgIpc) is 2.92. The summed E-state index contributed by atoms with van der Waals surface area (Å²) in [5.41, 5.74) is 7.08. The smallest absolute Gasteiger partial charge is 0.103 e. The molecular formula is C16H18N2. The number of benzene rings is 2. The maximum atomic E-state index is 6.11. The van der Waals surface area contributed by atoms with E-state index >= 15 is 0 Å². The third-order valence-electron chi connectivity index (χ3n) is 3.76. The van der Waals surface area contributed by atoms with Gasteiger partial charge in [0, 0.05) is 5.92 Å². The van der Waals surface area contributed by atoms with Crippen LogP contribution in [0.3, 0.4) is 0 Å². The molecule has 1 aliphatic carbocycles. The molecule has 92 valence electrons. The van der Waals surface area contributed by atoms with Gasteiger partial charge in [-0.15, -0.1) is 0 Å². The zero-order valence-corrected chi connectivity index (χ0v) is 10.5. The minimum absolute atomic E-state index is 0.497. The molecule has 0 heterocycles. The Bertz CT molecular complexity index is 580. The van der Waals surface area contributed by atoms with E-state index in [0.29, 0.717) is 5.92 Å². The summed E-state index contributed by atoms with van der Waals surface area (Å²) in [7, 11) is 0. The summed E-state index contributed by atoms with van der Waals surface area (Å²) in [5.74, 6) is 1.30. The zero-order chi connectivity index (χ0) is 12.4. The molecule has 0 unspecified atom stereocenters. The van der Waals surface area contributed by atoms with Gasteiger partial charge in [0.15, 0.2) is 0 Å². The summed E-state index contributed by atoms with van der Waals surface area (Å²) < 4.78 is 0. The third-order valence-corrected chi connectivity index (χ3v) is 3.76. The zero-order valence-electron chi connectivity index (χ0n) is 10.5. The van der Waals surface area contributed by atoms with Crippen LogP contribution in [0.4, 0.5) is 5.69 Å². The predicted octanol–water partition coefficient (Wildman–Crippen LogP) is 4.02. The van der Waals surface area contributed by atoms with Crippen molar-refractivity contribution in [1.82, 2.24) is 0 Å². The molecular weight excluding hydrogens is 220 g/mol. The molecule has 0 aliphatic heterocycles. The van der Waals surface area contributed by atoms with Crippen LogP contribution in [-0.2, 0) is 0 Å². The summed E-state index contributed by atoms with van der Waals surface area (Å²) in [6, 6.07) is 14.6. The van der Waals surface area contributed by atoms with Gasteiger partial charge in [0.1, 0.15) is 5.84 Å². The molecule has 0 bridgehead atoms. The number of hydrogen-bond donors (Lipinski definition) is 1. The van der Waals surface area contributed by atoms with Gasteiger partial charge in [-0.25, -0.2) is 4.99 Å². The van der Waals surface area contributed by atoms with E-state index in [2.05, 4.69) is 41.4 Å². The minimum Gasteiger partial charge on any atom is -0.387 e. The molecule has 1 aliphatic rings. The van der Waals surface area contributed by atoms with Gasteiger partial charge < -0.3 is 5.73 Å². The highest BCUT2D eigenvalue weighted by Crippen LogP contribution is 2.27. The lowest BCUT2D eigenvalue weighted by atomic mass is 10.1. The first kappa shape index (κ1) is 11.3. The van der Waals surface area contributed by atoms with Crippen molar-refractivity contribution in [1.29, 1.82) is 0 Å². The lowest BCUT2D eigenvalue weighted by Gasteiger charge is -2.08. The quantitative estimate of drug-likeness (QED) is 0.623. The molecule has 0 radical (unpaired) electrons. The molecule has 2 N–H and O–H groups in total. The van der Waals surface area contributed by atoms with Crippen LogP contribution in [0.25, 0.3) is 10.8 Å². The van der Waals surface area contributed by atoms with Crippen LogP contribution >= 0.6 is 0 Å². The van der Waals surface area contributed by atoms with Crippen LogP contribution < -0.4 is 5.73 Å². The van der Waals surface area contributed by atoms with Gasteiger partial charge in [-0.2, -0.15) is 0 Å². The van der Waals surface area contributed by atoms with Crippen molar-refractivity contribution >= 4 is 22.3 Å². The molecule has 0 amide bonds. The fourth-order valence-corrected chi connectivity index (χ4v) is 2.71. The van der Waals surface area contributed by atoms with Crippen molar-refractivity contribution in [3.05, 3.63) is 42.5 Å². The highest BCUT2D eigenvalue weighted by Gasteiger charge is 2.18. The van der Waals surface area contributed by atoms with Crippen molar-refractivity contribution in [2.45, 2.75) is 25.7 Å². The largest absolute Gasteiger partial charge is 0.387 e. The first-order chi connectivity index (χ1) is 8.83. The fourth-order valence-electron chi connectivity index (χ4n) is 2.71. The Labute approximate surface area is 108 Å². The second-order valence-electron chi connectivity index (χ2n) is 5.05. The normalized spacial score (nSPS) is 17.4. The summed E-state index contributed by atoms with van der Waals surface area (Å²) in [6.45, 7) is 0. The van der Waals surface area contributed by atoms with Gasteiger partial charge in [0.2, 0.25) is 0 Å². The number of hydrogen-bond acceptors (Lipinski definition) is 1. The molecule has 0 spiro atoms. The van der Waals surface area contributed by atoms with E-state index in [4.69, 9.17) is 5.73 Å². The van der Waals surface area contributed by atoms with Crippen LogP contribution in [0.1, 0.15) is 25.7 Å². The maximum Gasteiger partial charge on any atom is 0.103 e. The monoisotopic (exact) mass is 238 g/mol. The molecule has 18 heavy (non-hydrogen) atoms. The summed E-state index contributed by atoms with van der Waals surface area (Å²) in [5, 5.41) is 2.47. The van der Waals surface area contributed by atoms with Crippen LogP contribution in [0.5, 0.6) is 0 Å². The van der Waals surface area contributed by atoms with Crippen LogP contribution in [0, 0.1) is 5.92 Å². The summed E-state index contributed by atoms with van der Waals surface area (Å²) in [4.78, 5) is 4.59. The van der Waals surface area contributed by atoms with Crippen molar-refractivity contribution in [3.8, 4) is 0 Å². The minimum atomic E-state index is 0.497. The highest BCUT2D eigenvalue weighted by atomic mass is 14.9. The Morgan fingerprint density at radius 2 is 1.72 bits per heavy atom. The second kappa shape index (κ2) is 4.81. The van der Waals surface area contributed by atoms with Crippen LogP contribution in [-0.4, -0.2) is 5.84 Å². The van der Waals surface area contributed by atoms with Crippen LogP contribution in [0.2, 0.25) is 0 Å². The van der Waals surface area contributed by atoms with Gasteiger partial charge >= 0.3 is 0 Å². The van der Waals surface area contributed by atoms with Crippen molar-refractivity contribution in [2.24, 2.45) is 16.6 Å². The Kier molecular flexibility index (Phi) is 3.01. The summed E-state index contributed by atoms with van der Waals surface area (Å²) in [6.07, 6.45) is 4.98. The van der Waals surface area contributed by atoms with E-state index in [1.165, 1.54) is 36.5 Å². The molecule has 2 aromatic carbocycles. The topological polar surface area (TPSA) is 38.4 Å². The molecule has 2 aromatic rings. The molecule has 0 aromatic heterocycles. The predicted molar refractivity (Wildman–Crippen MR) is 77.2 cm³/mol. The average molecular weight is 238 g/mol. The molecule has 2 nitrogen and oxygen atoms in total. The molecule has 3 rings (SSSR count). The molecule has 2 heteroatoms. The summed E-state index contributed by atoms with van der Waals surface area (Å²) >= 11 is 0. The lowest BCUT2D eigenvalue weighted by molar-refractivity contribution is 0.722. The first-order valence-electron chi connectivity index (χ1n) is 6.66.